The first-order valence-electron chi connectivity index (χ1n) is 11.3. The highest BCUT2D eigenvalue weighted by Crippen LogP contribution is 2.32. The molecule has 170 valence electrons. The first-order valence-corrected chi connectivity index (χ1v) is 11.3. The van der Waals surface area contributed by atoms with Gasteiger partial charge in [-0.3, -0.25) is 19.0 Å². The van der Waals surface area contributed by atoms with E-state index < -0.39 is 0 Å². The highest BCUT2D eigenvalue weighted by molar-refractivity contribution is 5.92. The zero-order valence-electron chi connectivity index (χ0n) is 18.5. The predicted molar refractivity (Wildman–Crippen MR) is 128 cm³/mol. The number of nitrogens with zero attached hydrogens (tertiary/aromatic N) is 4. The number of fused-ring (bicyclic) bond motifs is 1. The number of H-pyrrole nitrogens is 1. The van der Waals surface area contributed by atoms with Crippen LogP contribution in [-0.2, 0) is 18.3 Å². The number of anilines is 3. The molecule has 1 amide bonds. The van der Waals surface area contributed by atoms with Gasteiger partial charge >= 0.3 is 0 Å². The summed E-state index contributed by atoms with van der Waals surface area (Å²) in [7, 11) is 1.80. The van der Waals surface area contributed by atoms with Crippen molar-refractivity contribution < 1.29 is 4.79 Å². The standard InChI is InChI=1S/C24H27N7O2/c1-30-13-11-20(28-30)27-21(32)15-16-6-5-7-17(14-16)26-23-22-19(10-12-25-24(22)33)31(29-23)18-8-3-2-4-9-18/h5-7,10-14,18H,2-4,8-9,15H2,1H3,(H,25,33)(H,26,29)(H,27,28,32). The number of hydrogen-bond donors (Lipinski definition) is 3. The molecular weight excluding hydrogens is 418 g/mol. The van der Waals surface area contributed by atoms with Crippen molar-refractivity contribution in [3.8, 4) is 0 Å². The van der Waals surface area contributed by atoms with E-state index in [0.29, 0.717) is 23.1 Å². The number of benzene rings is 1. The van der Waals surface area contributed by atoms with Crippen molar-refractivity contribution in [1.82, 2.24) is 24.5 Å². The minimum Gasteiger partial charge on any atom is -0.338 e. The van der Waals surface area contributed by atoms with Crippen LogP contribution < -0.4 is 16.2 Å². The zero-order valence-corrected chi connectivity index (χ0v) is 18.5. The minimum absolute atomic E-state index is 0.144. The molecule has 1 aliphatic carbocycles. The summed E-state index contributed by atoms with van der Waals surface area (Å²) in [6.45, 7) is 0. The monoisotopic (exact) mass is 445 g/mol. The van der Waals surface area contributed by atoms with Crippen LogP contribution in [0.15, 0.2) is 53.6 Å². The molecule has 0 saturated heterocycles. The third-order valence-corrected chi connectivity index (χ3v) is 6.09. The molecular formula is C24H27N7O2. The number of aromatic nitrogens is 5. The molecule has 3 aromatic heterocycles. The van der Waals surface area contributed by atoms with Crippen molar-refractivity contribution in [2.45, 2.75) is 44.6 Å². The van der Waals surface area contributed by atoms with Crippen LogP contribution in [0.2, 0.25) is 0 Å². The Morgan fingerprint density at radius 2 is 2.00 bits per heavy atom. The summed E-state index contributed by atoms with van der Waals surface area (Å²) in [4.78, 5) is 27.9. The third kappa shape index (κ3) is 4.52. The van der Waals surface area contributed by atoms with Crippen molar-refractivity contribution in [3.05, 3.63) is 64.7 Å². The van der Waals surface area contributed by atoms with Gasteiger partial charge in [0.1, 0.15) is 5.39 Å². The molecule has 5 rings (SSSR count). The smallest absolute Gasteiger partial charge is 0.261 e. The second kappa shape index (κ2) is 8.93. The average molecular weight is 446 g/mol. The Morgan fingerprint density at radius 3 is 2.79 bits per heavy atom. The van der Waals surface area contributed by atoms with Crippen LogP contribution in [0, 0.1) is 0 Å². The molecule has 4 aromatic rings. The van der Waals surface area contributed by atoms with E-state index in [0.717, 1.165) is 29.6 Å². The van der Waals surface area contributed by atoms with Gasteiger partial charge in [-0.05, 0) is 36.6 Å². The fraction of sp³-hybridized carbons (Fsp3) is 0.333. The maximum absolute atomic E-state index is 12.7. The van der Waals surface area contributed by atoms with Gasteiger partial charge in [0.25, 0.3) is 5.56 Å². The van der Waals surface area contributed by atoms with Crippen LogP contribution >= 0.6 is 0 Å². The fourth-order valence-corrected chi connectivity index (χ4v) is 4.54. The Bertz CT molecular complexity index is 1340. The van der Waals surface area contributed by atoms with Gasteiger partial charge in [0.2, 0.25) is 5.91 Å². The number of rotatable bonds is 6. The van der Waals surface area contributed by atoms with Gasteiger partial charge in [-0.15, -0.1) is 0 Å². The number of carbonyl (C=O) groups excluding carboxylic acids is 1. The fourth-order valence-electron chi connectivity index (χ4n) is 4.54. The van der Waals surface area contributed by atoms with Crippen LogP contribution in [-0.4, -0.2) is 30.5 Å². The molecule has 0 atom stereocenters. The lowest BCUT2D eigenvalue weighted by Crippen LogP contribution is -2.15. The van der Waals surface area contributed by atoms with Crippen molar-refractivity contribution in [1.29, 1.82) is 0 Å². The van der Waals surface area contributed by atoms with Gasteiger partial charge in [0.05, 0.1) is 18.0 Å². The molecule has 1 saturated carbocycles. The van der Waals surface area contributed by atoms with E-state index in [4.69, 9.17) is 5.10 Å². The van der Waals surface area contributed by atoms with Crippen molar-refractivity contribution in [2.24, 2.45) is 7.05 Å². The van der Waals surface area contributed by atoms with E-state index >= 15 is 0 Å². The van der Waals surface area contributed by atoms with Crippen molar-refractivity contribution in [2.75, 3.05) is 10.6 Å². The summed E-state index contributed by atoms with van der Waals surface area (Å²) < 4.78 is 3.65. The highest BCUT2D eigenvalue weighted by atomic mass is 16.1. The molecule has 1 fully saturated rings. The molecule has 0 unspecified atom stereocenters. The van der Waals surface area contributed by atoms with Crippen LogP contribution in [0.1, 0.15) is 43.7 Å². The molecule has 0 radical (unpaired) electrons. The third-order valence-electron chi connectivity index (χ3n) is 6.09. The number of aryl methyl sites for hydroxylation is 1. The lowest BCUT2D eigenvalue weighted by molar-refractivity contribution is -0.115. The van der Waals surface area contributed by atoms with Crippen LogP contribution in [0.5, 0.6) is 0 Å². The second-order valence-electron chi connectivity index (χ2n) is 8.58. The molecule has 0 spiro atoms. The van der Waals surface area contributed by atoms with E-state index in [9.17, 15) is 9.59 Å². The van der Waals surface area contributed by atoms with E-state index in [1.807, 2.05) is 35.0 Å². The molecule has 33 heavy (non-hydrogen) atoms. The van der Waals surface area contributed by atoms with E-state index in [1.54, 1.807) is 30.2 Å². The Balaban J connectivity index is 1.38. The number of aromatic amines is 1. The van der Waals surface area contributed by atoms with Gasteiger partial charge < -0.3 is 15.6 Å². The molecule has 3 heterocycles. The van der Waals surface area contributed by atoms with Crippen LogP contribution in [0.3, 0.4) is 0 Å². The first-order chi connectivity index (χ1) is 16.1. The quantitative estimate of drug-likeness (QED) is 0.417. The second-order valence-corrected chi connectivity index (χ2v) is 8.58. The van der Waals surface area contributed by atoms with Gasteiger partial charge in [-0.2, -0.15) is 10.2 Å². The van der Waals surface area contributed by atoms with Crippen LogP contribution in [0.4, 0.5) is 17.3 Å². The van der Waals surface area contributed by atoms with Gasteiger partial charge in [0.15, 0.2) is 11.6 Å². The predicted octanol–water partition coefficient (Wildman–Crippen LogP) is 3.89. The van der Waals surface area contributed by atoms with E-state index in [-0.39, 0.29) is 17.9 Å². The zero-order chi connectivity index (χ0) is 22.8. The van der Waals surface area contributed by atoms with Gasteiger partial charge in [0, 0.05) is 31.2 Å². The largest absolute Gasteiger partial charge is 0.338 e. The Kier molecular flexibility index (Phi) is 5.68. The minimum atomic E-state index is -0.164. The first kappa shape index (κ1) is 21.0. The van der Waals surface area contributed by atoms with Gasteiger partial charge in [-0.1, -0.05) is 31.4 Å². The SMILES string of the molecule is Cn1ccc(NC(=O)Cc2cccc(Nc3nn(C4CCCCC4)c4cc[nH]c(=O)c34)c2)n1. The normalized spacial score (nSPS) is 14.5. The number of carbonyl (C=O) groups is 1. The number of nitrogens with one attached hydrogen (secondary N) is 3. The lowest BCUT2D eigenvalue weighted by atomic mass is 9.95. The molecule has 9 heteroatoms. The molecule has 0 aliphatic heterocycles. The topological polar surface area (TPSA) is 110 Å². The Morgan fingerprint density at radius 1 is 1.15 bits per heavy atom. The molecule has 0 bridgehead atoms. The summed E-state index contributed by atoms with van der Waals surface area (Å²) in [6, 6.07) is 11.6. The van der Waals surface area contributed by atoms with E-state index in [1.165, 1.54) is 19.3 Å². The van der Waals surface area contributed by atoms with Crippen molar-refractivity contribution >= 4 is 34.1 Å². The summed E-state index contributed by atoms with van der Waals surface area (Å²) in [6.07, 6.45) is 9.43. The summed E-state index contributed by atoms with van der Waals surface area (Å²) >= 11 is 0. The van der Waals surface area contributed by atoms with Gasteiger partial charge in [-0.25, -0.2) is 0 Å². The van der Waals surface area contributed by atoms with Crippen LogP contribution in [0.25, 0.3) is 10.9 Å². The summed E-state index contributed by atoms with van der Waals surface area (Å²) in [5, 5.41) is 15.7. The van der Waals surface area contributed by atoms with E-state index in [2.05, 4.69) is 20.7 Å². The highest BCUT2D eigenvalue weighted by Gasteiger charge is 2.22. The molecule has 1 aliphatic rings. The maximum Gasteiger partial charge on any atom is 0.261 e. The molecule has 1 aromatic carbocycles. The lowest BCUT2D eigenvalue weighted by Gasteiger charge is -2.22. The van der Waals surface area contributed by atoms with Crippen molar-refractivity contribution in [3.63, 3.8) is 0 Å². The average Bonchev–Trinajstić information content (AvgIpc) is 3.38. The summed E-state index contributed by atoms with van der Waals surface area (Å²) in [5.74, 6) is 0.914. The number of hydrogen-bond acceptors (Lipinski definition) is 5. The maximum atomic E-state index is 12.7. The number of pyridine rings is 1. The number of amides is 1. The molecule has 3 N–H and O–H groups in total. The summed E-state index contributed by atoms with van der Waals surface area (Å²) in [5.41, 5.74) is 2.30. The Labute approximate surface area is 190 Å². The molecule has 9 nitrogen and oxygen atoms in total. The Hall–Kier alpha value is -3.88.